The molecular weight excluding hydrogens is 255 g/mol. The number of aromatic carboxylic acids is 1. The Hall–Kier alpha value is -1.86. The third-order valence-corrected chi connectivity index (χ3v) is 2.58. The number of nitrogens with one attached hydrogen (secondary N) is 1. The van der Waals surface area contributed by atoms with Gasteiger partial charge in [0.2, 0.25) is 0 Å². The van der Waals surface area contributed by atoms with Crippen molar-refractivity contribution in [3.05, 3.63) is 23.5 Å². The molecule has 0 radical (unpaired) electrons. The molecule has 0 amide bonds. The molecule has 1 aromatic carbocycles. The van der Waals surface area contributed by atoms with Crippen molar-refractivity contribution in [2.24, 2.45) is 0 Å². The van der Waals surface area contributed by atoms with E-state index in [-0.39, 0.29) is 11.8 Å². The molecule has 0 fully saturated rings. The Morgan fingerprint density at radius 2 is 2.21 bits per heavy atom. The molecule has 7 heteroatoms. The summed E-state index contributed by atoms with van der Waals surface area (Å²) in [4.78, 5) is 10.7. The second kappa shape index (κ2) is 6.91. The fraction of sp³-hybridized carbons (Fsp3) is 0.417. The molecule has 1 atom stereocenters. The van der Waals surface area contributed by atoms with E-state index in [4.69, 9.17) is 20.3 Å². The number of rotatable bonds is 7. The number of nitrogens with two attached hydrogens (primary N) is 1. The zero-order chi connectivity index (χ0) is 14.4. The molecule has 0 aliphatic carbocycles. The predicted octanol–water partition coefficient (Wildman–Crippen LogP) is 1.18. The molecule has 0 aliphatic rings. The van der Waals surface area contributed by atoms with Crippen LogP contribution < -0.4 is 11.1 Å². The van der Waals surface area contributed by atoms with Crippen LogP contribution in [0, 0.1) is 5.82 Å². The fourth-order valence-electron chi connectivity index (χ4n) is 1.53. The van der Waals surface area contributed by atoms with Gasteiger partial charge in [0.05, 0.1) is 29.6 Å². The quantitative estimate of drug-likeness (QED) is 0.645. The lowest BCUT2D eigenvalue weighted by molar-refractivity contribution is 0.0366. The van der Waals surface area contributed by atoms with Crippen LogP contribution in [0.3, 0.4) is 0 Å². The van der Waals surface area contributed by atoms with Crippen molar-refractivity contribution in [2.45, 2.75) is 6.10 Å². The summed E-state index contributed by atoms with van der Waals surface area (Å²) in [5.41, 5.74) is 5.69. The molecule has 0 saturated heterocycles. The largest absolute Gasteiger partial charge is 0.478 e. The van der Waals surface area contributed by atoms with Gasteiger partial charge in [-0.25, -0.2) is 9.18 Å². The Labute approximate surface area is 110 Å². The molecule has 6 nitrogen and oxygen atoms in total. The summed E-state index contributed by atoms with van der Waals surface area (Å²) in [6.07, 6.45) is -0.216. The van der Waals surface area contributed by atoms with Gasteiger partial charge in [0, 0.05) is 20.8 Å². The van der Waals surface area contributed by atoms with Crippen LogP contribution in [-0.2, 0) is 9.47 Å². The molecule has 106 valence electrons. The summed E-state index contributed by atoms with van der Waals surface area (Å²) in [6, 6.07) is 2.14. The molecule has 1 aromatic rings. The summed E-state index contributed by atoms with van der Waals surface area (Å²) in [5, 5.41) is 11.6. The summed E-state index contributed by atoms with van der Waals surface area (Å²) in [7, 11) is 3.07. The molecule has 0 heterocycles. The number of carboxylic acids is 1. The van der Waals surface area contributed by atoms with Crippen molar-refractivity contribution >= 4 is 17.3 Å². The van der Waals surface area contributed by atoms with Crippen molar-refractivity contribution in [2.75, 3.05) is 38.4 Å². The molecule has 1 unspecified atom stereocenters. The van der Waals surface area contributed by atoms with E-state index < -0.39 is 17.3 Å². The number of benzene rings is 1. The van der Waals surface area contributed by atoms with Gasteiger partial charge >= 0.3 is 5.97 Å². The first kappa shape index (κ1) is 15.2. The van der Waals surface area contributed by atoms with Crippen molar-refractivity contribution in [1.29, 1.82) is 0 Å². The van der Waals surface area contributed by atoms with E-state index in [2.05, 4.69) is 5.32 Å². The smallest absolute Gasteiger partial charge is 0.338 e. The zero-order valence-electron chi connectivity index (χ0n) is 10.8. The molecular formula is C12H17FN2O4. The first-order chi connectivity index (χ1) is 8.99. The molecule has 1 rings (SSSR count). The van der Waals surface area contributed by atoms with Crippen LogP contribution in [0.15, 0.2) is 12.1 Å². The molecule has 4 N–H and O–H groups in total. The van der Waals surface area contributed by atoms with E-state index in [0.717, 1.165) is 12.1 Å². The highest BCUT2D eigenvalue weighted by Crippen LogP contribution is 2.23. The monoisotopic (exact) mass is 272 g/mol. The second-order valence-corrected chi connectivity index (χ2v) is 3.92. The lowest BCUT2D eigenvalue weighted by atomic mass is 10.1. The lowest BCUT2D eigenvalue weighted by Crippen LogP contribution is -2.27. The third kappa shape index (κ3) is 4.08. The van der Waals surface area contributed by atoms with Gasteiger partial charge in [-0.1, -0.05) is 0 Å². The SMILES string of the molecule is COCC(CNc1cc(F)c(C(=O)O)cc1N)OC. The van der Waals surface area contributed by atoms with Crippen molar-refractivity contribution in [3.63, 3.8) is 0 Å². The maximum absolute atomic E-state index is 13.5. The van der Waals surface area contributed by atoms with Gasteiger partial charge in [-0.15, -0.1) is 0 Å². The minimum Gasteiger partial charge on any atom is -0.478 e. The molecule has 0 spiro atoms. The van der Waals surface area contributed by atoms with Crippen molar-refractivity contribution in [1.82, 2.24) is 0 Å². The highest BCUT2D eigenvalue weighted by molar-refractivity contribution is 5.90. The Kier molecular flexibility index (Phi) is 5.53. The third-order valence-electron chi connectivity index (χ3n) is 2.58. The second-order valence-electron chi connectivity index (χ2n) is 3.92. The van der Waals surface area contributed by atoms with E-state index in [1.54, 1.807) is 7.11 Å². The van der Waals surface area contributed by atoms with Crippen LogP contribution in [0.1, 0.15) is 10.4 Å². The summed E-state index contributed by atoms with van der Waals surface area (Å²) < 4.78 is 23.6. The number of halogens is 1. The predicted molar refractivity (Wildman–Crippen MR) is 68.9 cm³/mol. The van der Waals surface area contributed by atoms with Crippen LogP contribution in [0.2, 0.25) is 0 Å². The van der Waals surface area contributed by atoms with Gasteiger partial charge in [-0.2, -0.15) is 0 Å². The van der Waals surface area contributed by atoms with E-state index in [1.165, 1.54) is 7.11 Å². The molecule has 0 bridgehead atoms. The standard InChI is InChI=1S/C12H17FN2O4/c1-18-6-7(19-2)5-15-11-4-9(13)8(12(16)17)3-10(11)14/h3-4,7,15H,5-6,14H2,1-2H3,(H,16,17). The van der Waals surface area contributed by atoms with E-state index in [1.807, 2.05) is 0 Å². The van der Waals surface area contributed by atoms with Crippen molar-refractivity contribution in [3.8, 4) is 0 Å². The number of carbonyl (C=O) groups is 1. The Balaban J connectivity index is 2.79. The maximum Gasteiger partial charge on any atom is 0.338 e. The minimum absolute atomic E-state index is 0.158. The van der Waals surface area contributed by atoms with Crippen LogP contribution in [0.4, 0.5) is 15.8 Å². The summed E-state index contributed by atoms with van der Waals surface area (Å²) in [5.74, 6) is -2.20. The Morgan fingerprint density at radius 3 is 2.74 bits per heavy atom. The van der Waals surface area contributed by atoms with Crippen LogP contribution in [-0.4, -0.2) is 44.6 Å². The number of carboxylic acid groups (broad SMARTS) is 1. The summed E-state index contributed by atoms with van der Waals surface area (Å²) in [6.45, 7) is 0.736. The van der Waals surface area contributed by atoms with Gasteiger partial charge in [0.1, 0.15) is 5.82 Å². The number of anilines is 2. The molecule has 0 aromatic heterocycles. The van der Waals surface area contributed by atoms with E-state index >= 15 is 0 Å². The van der Waals surface area contributed by atoms with Crippen molar-refractivity contribution < 1.29 is 23.8 Å². The normalized spacial score (nSPS) is 12.2. The zero-order valence-corrected chi connectivity index (χ0v) is 10.8. The van der Waals surface area contributed by atoms with Gasteiger partial charge in [0.25, 0.3) is 0 Å². The molecule has 19 heavy (non-hydrogen) atoms. The molecule has 0 saturated carbocycles. The van der Waals surface area contributed by atoms with Crippen LogP contribution in [0.5, 0.6) is 0 Å². The lowest BCUT2D eigenvalue weighted by Gasteiger charge is -2.17. The average molecular weight is 272 g/mol. The van der Waals surface area contributed by atoms with Gasteiger partial charge in [-0.05, 0) is 12.1 Å². The number of nitrogen functional groups attached to an aromatic ring is 1. The van der Waals surface area contributed by atoms with E-state index in [9.17, 15) is 9.18 Å². The fourth-order valence-corrected chi connectivity index (χ4v) is 1.53. The average Bonchev–Trinajstić information content (AvgIpc) is 2.37. The van der Waals surface area contributed by atoms with Gasteiger partial charge < -0.3 is 25.6 Å². The van der Waals surface area contributed by atoms with E-state index in [0.29, 0.717) is 18.8 Å². The number of hydrogen-bond acceptors (Lipinski definition) is 5. The van der Waals surface area contributed by atoms with Gasteiger partial charge in [0.15, 0.2) is 0 Å². The van der Waals surface area contributed by atoms with Crippen LogP contribution in [0.25, 0.3) is 0 Å². The Morgan fingerprint density at radius 1 is 1.53 bits per heavy atom. The highest BCUT2D eigenvalue weighted by atomic mass is 19.1. The number of ether oxygens (including phenoxy) is 2. The number of methoxy groups -OCH3 is 2. The minimum atomic E-state index is -1.36. The topological polar surface area (TPSA) is 93.8 Å². The Bertz CT molecular complexity index is 454. The first-order valence-corrected chi connectivity index (χ1v) is 5.57. The number of hydrogen-bond donors (Lipinski definition) is 3. The highest BCUT2D eigenvalue weighted by Gasteiger charge is 2.14. The summed E-state index contributed by atoms with van der Waals surface area (Å²) >= 11 is 0. The first-order valence-electron chi connectivity index (χ1n) is 5.57. The molecule has 0 aliphatic heterocycles. The van der Waals surface area contributed by atoms with Gasteiger partial charge in [-0.3, -0.25) is 0 Å². The maximum atomic E-state index is 13.5. The van der Waals surface area contributed by atoms with Crippen LogP contribution >= 0.6 is 0 Å².